The summed E-state index contributed by atoms with van der Waals surface area (Å²) in [6.07, 6.45) is 3.15. The van der Waals surface area contributed by atoms with Crippen LogP contribution in [0.5, 0.6) is 0 Å². The maximum atomic E-state index is 4.16. The Kier molecular flexibility index (Phi) is 5.48. The first-order chi connectivity index (χ1) is 7.90. The van der Waals surface area contributed by atoms with E-state index in [4.69, 9.17) is 0 Å². The highest BCUT2D eigenvalue weighted by molar-refractivity contribution is 8.06. The minimum Gasteiger partial charge on any atom is -0.313 e. The number of thioether (sulfide) groups is 2. The highest BCUT2D eigenvalue weighted by Gasteiger charge is 2.24. The Hall–Kier alpha value is 0.290. The number of aromatic nitrogens is 1. The summed E-state index contributed by atoms with van der Waals surface area (Å²) in [5, 5.41) is 4.40. The van der Waals surface area contributed by atoms with Gasteiger partial charge < -0.3 is 5.32 Å². The van der Waals surface area contributed by atoms with Crippen LogP contribution in [0.2, 0.25) is 0 Å². The van der Waals surface area contributed by atoms with Crippen LogP contribution in [0.4, 0.5) is 0 Å². The van der Waals surface area contributed by atoms with Crippen LogP contribution in [-0.2, 0) is 6.42 Å². The highest BCUT2D eigenvalue weighted by Crippen LogP contribution is 2.28. The number of thiazole rings is 1. The molecule has 90 valence electrons. The van der Waals surface area contributed by atoms with Gasteiger partial charge in [-0.25, -0.2) is 0 Å². The summed E-state index contributed by atoms with van der Waals surface area (Å²) in [6.45, 7) is 3.26. The summed E-state index contributed by atoms with van der Waals surface area (Å²) in [5.41, 5.74) is 1.93. The third-order valence-electron chi connectivity index (χ3n) is 2.66. The number of hydrogen-bond donors (Lipinski definition) is 1. The molecule has 1 aliphatic rings. The van der Waals surface area contributed by atoms with Crippen LogP contribution in [0.15, 0.2) is 11.7 Å². The van der Waals surface area contributed by atoms with Gasteiger partial charge in [-0.05, 0) is 13.0 Å². The van der Waals surface area contributed by atoms with Crippen molar-refractivity contribution < 1.29 is 0 Å². The van der Waals surface area contributed by atoms with Crippen molar-refractivity contribution >= 4 is 34.9 Å². The average Bonchev–Trinajstić information content (AvgIpc) is 2.83. The summed E-state index contributed by atoms with van der Waals surface area (Å²) < 4.78 is 0. The Balaban J connectivity index is 1.92. The molecule has 0 amide bonds. The zero-order valence-corrected chi connectivity index (χ0v) is 12.0. The van der Waals surface area contributed by atoms with Gasteiger partial charge in [-0.15, -0.1) is 11.3 Å². The van der Waals surface area contributed by atoms with Crippen molar-refractivity contribution in [3.05, 3.63) is 16.6 Å². The summed E-state index contributed by atoms with van der Waals surface area (Å²) in [4.78, 5) is 5.56. The van der Waals surface area contributed by atoms with Gasteiger partial charge in [0.25, 0.3) is 0 Å². The van der Waals surface area contributed by atoms with Crippen molar-refractivity contribution in [3.8, 4) is 0 Å². The molecular formula is C11H18N2S3. The molecule has 1 N–H and O–H groups in total. The molecule has 1 aromatic heterocycles. The van der Waals surface area contributed by atoms with Gasteiger partial charge in [0.05, 0.1) is 5.51 Å². The molecule has 0 spiro atoms. The van der Waals surface area contributed by atoms with E-state index in [0.29, 0.717) is 6.04 Å². The van der Waals surface area contributed by atoms with Crippen molar-refractivity contribution in [2.24, 2.45) is 0 Å². The second-order valence-corrected chi connectivity index (χ2v) is 7.29. The average molecular weight is 274 g/mol. The van der Waals surface area contributed by atoms with E-state index in [2.05, 4.69) is 40.7 Å². The lowest BCUT2D eigenvalue weighted by Crippen LogP contribution is -2.42. The Morgan fingerprint density at radius 2 is 2.50 bits per heavy atom. The fourth-order valence-electron chi connectivity index (χ4n) is 1.90. The summed E-state index contributed by atoms with van der Waals surface area (Å²) in [7, 11) is 0. The Morgan fingerprint density at radius 1 is 1.56 bits per heavy atom. The van der Waals surface area contributed by atoms with Crippen molar-refractivity contribution in [1.82, 2.24) is 10.3 Å². The number of likely N-dealkylation sites (N-methyl/N-ethyl adjacent to an activating group) is 1. The molecule has 2 unspecified atom stereocenters. The maximum absolute atomic E-state index is 4.16. The van der Waals surface area contributed by atoms with Crippen LogP contribution in [0, 0.1) is 0 Å². The lowest BCUT2D eigenvalue weighted by Gasteiger charge is -2.29. The minimum atomic E-state index is 0.614. The number of hydrogen-bond acceptors (Lipinski definition) is 5. The second-order valence-electron chi connectivity index (χ2n) is 3.82. The van der Waals surface area contributed by atoms with E-state index in [1.54, 1.807) is 11.3 Å². The van der Waals surface area contributed by atoms with Gasteiger partial charge in [0.15, 0.2) is 0 Å². The first kappa shape index (κ1) is 12.7. The quantitative estimate of drug-likeness (QED) is 0.892. The number of nitrogens with zero attached hydrogens (tertiary/aromatic N) is 1. The molecule has 1 saturated heterocycles. The van der Waals surface area contributed by atoms with Crippen LogP contribution in [0.1, 0.15) is 11.8 Å². The molecule has 1 aromatic rings. The molecule has 0 radical (unpaired) electrons. The number of rotatable bonds is 5. The van der Waals surface area contributed by atoms with Gasteiger partial charge in [-0.1, -0.05) is 6.92 Å². The molecule has 2 heterocycles. The lowest BCUT2D eigenvalue weighted by atomic mass is 10.1. The van der Waals surface area contributed by atoms with Gasteiger partial charge in [0.1, 0.15) is 0 Å². The molecule has 0 bridgehead atoms. The van der Waals surface area contributed by atoms with Gasteiger partial charge in [-0.3, -0.25) is 4.98 Å². The maximum Gasteiger partial charge on any atom is 0.0794 e. The Labute approximate surface area is 110 Å². The Morgan fingerprint density at radius 3 is 3.12 bits per heavy atom. The van der Waals surface area contributed by atoms with Gasteiger partial charge in [-0.2, -0.15) is 23.5 Å². The van der Waals surface area contributed by atoms with Crippen LogP contribution >= 0.6 is 34.9 Å². The predicted octanol–water partition coefficient (Wildman–Crippen LogP) is 2.51. The highest BCUT2D eigenvalue weighted by atomic mass is 32.2. The van der Waals surface area contributed by atoms with E-state index in [1.165, 1.54) is 22.1 Å². The fraction of sp³-hybridized carbons (Fsp3) is 0.727. The van der Waals surface area contributed by atoms with Gasteiger partial charge in [0.2, 0.25) is 0 Å². The topological polar surface area (TPSA) is 24.9 Å². The van der Waals surface area contributed by atoms with Crippen LogP contribution in [0.25, 0.3) is 0 Å². The molecule has 1 fully saturated rings. The molecule has 0 saturated carbocycles. The van der Waals surface area contributed by atoms with Crippen LogP contribution in [0.3, 0.4) is 0 Å². The van der Waals surface area contributed by atoms with Crippen molar-refractivity contribution in [1.29, 1.82) is 0 Å². The normalized spacial score (nSPS) is 23.2. The zero-order valence-electron chi connectivity index (χ0n) is 9.52. The molecular weight excluding hydrogens is 256 g/mol. The lowest BCUT2D eigenvalue weighted by molar-refractivity contribution is 0.525. The van der Waals surface area contributed by atoms with Crippen LogP contribution in [-0.4, -0.2) is 40.1 Å². The van der Waals surface area contributed by atoms with E-state index in [0.717, 1.165) is 18.2 Å². The zero-order chi connectivity index (χ0) is 11.2. The number of nitrogens with one attached hydrogen (secondary N) is 1. The minimum absolute atomic E-state index is 0.614. The van der Waals surface area contributed by atoms with E-state index >= 15 is 0 Å². The third kappa shape index (κ3) is 3.65. The monoisotopic (exact) mass is 274 g/mol. The standard InChI is InChI=1S/C11H18N2S3/c1-2-13-10(5-9-6-12-8-16-9)11-7-14-3-4-15-11/h6,8,10-11,13H,2-5,7H2,1H3. The van der Waals surface area contributed by atoms with Crippen molar-refractivity contribution in [2.45, 2.75) is 24.6 Å². The van der Waals surface area contributed by atoms with Crippen molar-refractivity contribution in [3.63, 3.8) is 0 Å². The third-order valence-corrected chi connectivity index (χ3v) is 6.38. The molecule has 2 nitrogen and oxygen atoms in total. The van der Waals surface area contributed by atoms with Gasteiger partial charge in [0, 0.05) is 39.6 Å². The first-order valence-electron chi connectivity index (χ1n) is 5.70. The SMILES string of the molecule is CCNC(Cc1cncs1)C1CSCCS1. The van der Waals surface area contributed by atoms with E-state index in [1.807, 2.05) is 11.7 Å². The summed E-state index contributed by atoms with van der Waals surface area (Å²) in [6, 6.07) is 0.614. The largest absolute Gasteiger partial charge is 0.313 e. The smallest absolute Gasteiger partial charge is 0.0794 e. The molecule has 1 aliphatic heterocycles. The molecule has 2 rings (SSSR count). The first-order valence-corrected chi connectivity index (χ1v) is 8.78. The second kappa shape index (κ2) is 6.89. The van der Waals surface area contributed by atoms with E-state index in [9.17, 15) is 0 Å². The Bertz CT molecular complexity index is 283. The molecule has 0 aromatic carbocycles. The van der Waals surface area contributed by atoms with Crippen LogP contribution < -0.4 is 5.32 Å². The fourth-order valence-corrected chi connectivity index (χ4v) is 5.44. The van der Waals surface area contributed by atoms with Gasteiger partial charge >= 0.3 is 0 Å². The summed E-state index contributed by atoms with van der Waals surface area (Å²) in [5.74, 6) is 3.92. The molecule has 5 heteroatoms. The predicted molar refractivity (Wildman–Crippen MR) is 76.9 cm³/mol. The summed E-state index contributed by atoms with van der Waals surface area (Å²) >= 11 is 6.00. The molecule has 16 heavy (non-hydrogen) atoms. The molecule has 2 atom stereocenters. The molecule has 0 aliphatic carbocycles. The van der Waals surface area contributed by atoms with Crippen molar-refractivity contribution in [2.75, 3.05) is 23.8 Å². The van der Waals surface area contributed by atoms with E-state index in [-0.39, 0.29) is 0 Å². The van der Waals surface area contributed by atoms with E-state index < -0.39 is 0 Å².